The van der Waals surface area contributed by atoms with Crippen molar-refractivity contribution in [2.75, 3.05) is 24.1 Å². The molecule has 1 aliphatic carbocycles. The molecule has 1 aromatic heterocycles. The molecule has 0 aromatic carbocycles. The van der Waals surface area contributed by atoms with Crippen molar-refractivity contribution in [3.8, 4) is 0 Å². The third kappa shape index (κ3) is 3.99. The van der Waals surface area contributed by atoms with Gasteiger partial charge in [-0.05, 0) is 12.8 Å². The van der Waals surface area contributed by atoms with Gasteiger partial charge in [0, 0.05) is 19.0 Å². The molecule has 17 heavy (non-hydrogen) atoms. The molecule has 0 radical (unpaired) electrons. The van der Waals surface area contributed by atoms with Gasteiger partial charge in [0.05, 0.1) is 0 Å². The number of nitrogens with two attached hydrogens (primary N) is 2. The minimum atomic E-state index is 0. The number of nitrogens with one attached hydrogen (secondary N) is 1. The number of anilines is 2. The van der Waals surface area contributed by atoms with E-state index in [0.717, 1.165) is 12.8 Å². The maximum absolute atomic E-state index is 11.8. The quantitative estimate of drug-likeness (QED) is 0.717. The van der Waals surface area contributed by atoms with Crippen molar-refractivity contribution in [3.63, 3.8) is 0 Å². The molecule has 0 bridgehead atoms. The minimum Gasteiger partial charge on any atom is -0.382 e. The van der Waals surface area contributed by atoms with E-state index < -0.39 is 0 Å². The van der Waals surface area contributed by atoms with Gasteiger partial charge in [0.15, 0.2) is 10.9 Å². The Kier molecular flexibility index (Phi) is 6.77. The fourth-order valence-electron chi connectivity index (χ4n) is 1.29. The minimum absolute atomic E-state index is 0. The summed E-state index contributed by atoms with van der Waals surface area (Å²) >= 11 is 1.32. The summed E-state index contributed by atoms with van der Waals surface area (Å²) in [4.78, 5) is 16.4. The van der Waals surface area contributed by atoms with Crippen LogP contribution in [0.3, 0.4) is 0 Å². The Morgan fingerprint density at radius 1 is 1.47 bits per heavy atom. The van der Waals surface area contributed by atoms with Gasteiger partial charge in [0.1, 0.15) is 10.7 Å². The molecule has 1 heterocycles. The molecule has 0 spiro atoms. The summed E-state index contributed by atoms with van der Waals surface area (Å²) in [5, 5.41) is 3.70. The number of rotatable bonds is 5. The highest BCUT2D eigenvalue weighted by Crippen LogP contribution is 2.37. The number of carbonyl (C=O) groups is 1. The van der Waals surface area contributed by atoms with Crippen molar-refractivity contribution < 1.29 is 4.79 Å². The molecular formula is C9H16Cl2N4OS. The summed E-state index contributed by atoms with van der Waals surface area (Å²) < 4.78 is 0. The van der Waals surface area contributed by atoms with Crippen LogP contribution in [0.1, 0.15) is 22.5 Å². The monoisotopic (exact) mass is 298 g/mol. The van der Waals surface area contributed by atoms with Crippen LogP contribution in [0.4, 0.5) is 10.9 Å². The van der Waals surface area contributed by atoms with E-state index in [9.17, 15) is 4.79 Å². The van der Waals surface area contributed by atoms with Gasteiger partial charge in [0.25, 0.3) is 0 Å². The number of halogens is 2. The van der Waals surface area contributed by atoms with Crippen LogP contribution in [0.5, 0.6) is 0 Å². The molecule has 8 heteroatoms. The van der Waals surface area contributed by atoms with Crippen LogP contribution in [0.25, 0.3) is 0 Å². The molecule has 0 unspecified atom stereocenters. The van der Waals surface area contributed by atoms with Gasteiger partial charge in [0.2, 0.25) is 0 Å². The van der Waals surface area contributed by atoms with E-state index in [2.05, 4.69) is 10.3 Å². The third-order valence-corrected chi connectivity index (χ3v) is 3.29. The van der Waals surface area contributed by atoms with Crippen molar-refractivity contribution in [2.24, 2.45) is 11.7 Å². The molecule has 5 N–H and O–H groups in total. The zero-order valence-electron chi connectivity index (χ0n) is 9.14. The Labute approximate surface area is 116 Å². The number of nitrogen functional groups attached to an aromatic ring is 1. The fraction of sp³-hybridized carbons (Fsp3) is 0.556. The normalized spacial score (nSPS) is 13.5. The Morgan fingerprint density at radius 3 is 2.65 bits per heavy atom. The van der Waals surface area contributed by atoms with E-state index in [1.807, 2.05) is 0 Å². The van der Waals surface area contributed by atoms with Gasteiger partial charge >= 0.3 is 0 Å². The van der Waals surface area contributed by atoms with E-state index in [-0.39, 0.29) is 36.5 Å². The summed E-state index contributed by atoms with van der Waals surface area (Å²) in [5.41, 5.74) is 11.0. The zero-order valence-corrected chi connectivity index (χ0v) is 11.6. The summed E-state index contributed by atoms with van der Waals surface area (Å²) in [7, 11) is 0. The first-order chi connectivity index (χ1) is 7.22. The Bertz CT molecular complexity index is 381. The number of thiazole rings is 1. The van der Waals surface area contributed by atoms with Crippen LogP contribution >= 0.6 is 36.2 Å². The fourth-order valence-corrected chi connectivity index (χ4v) is 2.22. The molecular weight excluding hydrogens is 283 g/mol. The van der Waals surface area contributed by atoms with Crippen LogP contribution in [0.2, 0.25) is 0 Å². The van der Waals surface area contributed by atoms with E-state index in [1.165, 1.54) is 11.3 Å². The van der Waals surface area contributed by atoms with Crippen LogP contribution in [0, 0.1) is 5.92 Å². The lowest BCUT2D eigenvalue weighted by Crippen LogP contribution is -2.12. The Hall–Kier alpha value is -0.560. The second kappa shape index (κ2) is 7.00. The second-order valence-electron chi connectivity index (χ2n) is 3.59. The molecule has 0 saturated heterocycles. The van der Waals surface area contributed by atoms with Gasteiger partial charge in [-0.1, -0.05) is 11.3 Å². The van der Waals surface area contributed by atoms with Crippen molar-refractivity contribution in [3.05, 3.63) is 4.88 Å². The molecule has 2 rings (SSSR count). The molecule has 98 valence electrons. The van der Waals surface area contributed by atoms with Gasteiger partial charge in [-0.25, -0.2) is 4.98 Å². The average Bonchev–Trinajstić information content (AvgIpc) is 2.99. The first kappa shape index (κ1) is 16.4. The SMILES string of the molecule is Cl.Cl.NCCNc1nc(N)c(C(=O)C2CC2)s1. The van der Waals surface area contributed by atoms with Crippen molar-refractivity contribution in [2.45, 2.75) is 12.8 Å². The highest BCUT2D eigenvalue weighted by Gasteiger charge is 2.33. The summed E-state index contributed by atoms with van der Waals surface area (Å²) in [6.07, 6.45) is 1.98. The molecule has 1 aromatic rings. The predicted molar refractivity (Wildman–Crippen MR) is 75.6 cm³/mol. The van der Waals surface area contributed by atoms with Crippen LogP contribution < -0.4 is 16.8 Å². The Balaban J connectivity index is 0.00000128. The number of aromatic nitrogens is 1. The number of hydrogen-bond donors (Lipinski definition) is 3. The zero-order chi connectivity index (χ0) is 10.8. The van der Waals surface area contributed by atoms with E-state index in [4.69, 9.17) is 11.5 Å². The summed E-state index contributed by atoms with van der Waals surface area (Å²) in [6.45, 7) is 1.18. The summed E-state index contributed by atoms with van der Waals surface area (Å²) in [5.74, 6) is 0.678. The lowest BCUT2D eigenvalue weighted by atomic mass is 10.2. The third-order valence-electron chi connectivity index (χ3n) is 2.25. The van der Waals surface area contributed by atoms with Crippen LogP contribution in [-0.4, -0.2) is 23.9 Å². The molecule has 0 aliphatic heterocycles. The first-order valence-electron chi connectivity index (χ1n) is 4.97. The van der Waals surface area contributed by atoms with E-state index in [1.54, 1.807) is 0 Å². The van der Waals surface area contributed by atoms with Gasteiger partial charge in [-0.2, -0.15) is 0 Å². The highest BCUT2D eigenvalue weighted by molar-refractivity contribution is 7.18. The largest absolute Gasteiger partial charge is 0.382 e. The summed E-state index contributed by atoms with van der Waals surface area (Å²) in [6, 6.07) is 0. The predicted octanol–water partition coefficient (Wildman–Crippen LogP) is 1.53. The Morgan fingerprint density at radius 2 is 2.12 bits per heavy atom. The van der Waals surface area contributed by atoms with Crippen molar-refractivity contribution >= 4 is 52.9 Å². The molecule has 1 fully saturated rings. The standard InChI is InChI=1S/C9H14N4OS.2ClH/c10-3-4-12-9-13-8(11)7(15-9)6(14)5-1-2-5;;/h5H,1-4,10-11H2,(H,12,13);2*1H. The lowest BCUT2D eigenvalue weighted by molar-refractivity contribution is 0.0972. The first-order valence-corrected chi connectivity index (χ1v) is 5.78. The van der Waals surface area contributed by atoms with E-state index in [0.29, 0.717) is 28.9 Å². The number of ketones is 1. The molecule has 5 nitrogen and oxygen atoms in total. The molecule has 1 aliphatic rings. The van der Waals surface area contributed by atoms with Crippen LogP contribution in [0.15, 0.2) is 0 Å². The number of Topliss-reactive ketones (excluding diaryl/α,β-unsaturated/α-hetero) is 1. The van der Waals surface area contributed by atoms with Gasteiger partial charge in [-0.15, -0.1) is 24.8 Å². The molecule has 0 amide bonds. The van der Waals surface area contributed by atoms with Gasteiger partial charge < -0.3 is 16.8 Å². The maximum Gasteiger partial charge on any atom is 0.185 e. The number of carbonyl (C=O) groups excluding carboxylic acids is 1. The van der Waals surface area contributed by atoms with Crippen molar-refractivity contribution in [1.82, 2.24) is 4.98 Å². The molecule has 0 atom stereocenters. The van der Waals surface area contributed by atoms with E-state index >= 15 is 0 Å². The average molecular weight is 299 g/mol. The van der Waals surface area contributed by atoms with Gasteiger partial charge in [-0.3, -0.25) is 4.79 Å². The maximum atomic E-state index is 11.8. The molecule has 1 saturated carbocycles. The lowest BCUT2D eigenvalue weighted by Gasteiger charge is -1.96. The topological polar surface area (TPSA) is 94.0 Å². The highest BCUT2D eigenvalue weighted by atomic mass is 35.5. The number of hydrogen-bond acceptors (Lipinski definition) is 6. The smallest absolute Gasteiger partial charge is 0.185 e. The second-order valence-corrected chi connectivity index (χ2v) is 4.59. The van der Waals surface area contributed by atoms with Crippen LogP contribution in [-0.2, 0) is 0 Å². The number of nitrogens with zero attached hydrogens (tertiary/aromatic N) is 1. The van der Waals surface area contributed by atoms with Crippen molar-refractivity contribution in [1.29, 1.82) is 0 Å².